The van der Waals surface area contributed by atoms with Gasteiger partial charge in [0.1, 0.15) is 12.4 Å². The van der Waals surface area contributed by atoms with E-state index in [0.717, 1.165) is 17.7 Å². The number of alkyl halides is 2. The summed E-state index contributed by atoms with van der Waals surface area (Å²) >= 11 is 0. The van der Waals surface area contributed by atoms with E-state index in [9.17, 15) is 18.0 Å². The lowest BCUT2D eigenvalue weighted by Gasteiger charge is -2.32. The first-order chi connectivity index (χ1) is 15.5. The second kappa shape index (κ2) is 10.0. The van der Waals surface area contributed by atoms with Gasteiger partial charge in [-0.1, -0.05) is 42.5 Å². The molecule has 0 unspecified atom stereocenters. The molecule has 1 aliphatic rings. The molecule has 1 heterocycles. The number of nitrogens with one attached hydrogen (secondary N) is 1. The Morgan fingerprint density at radius 2 is 1.73 bits per heavy atom. The smallest absolute Gasteiger partial charge is 0.445 e. The zero-order valence-electron chi connectivity index (χ0n) is 19.0. The van der Waals surface area contributed by atoms with Crippen molar-refractivity contribution in [2.45, 2.75) is 51.9 Å². The minimum atomic E-state index is -2.91. The number of alkyl carbamates (subject to hydrolysis) is 1. The van der Waals surface area contributed by atoms with Crippen molar-refractivity contribution >= 4 is 19.3 Å². The van der Waals surface area contributed by atoms with Crippen LogP contribution in [0.5, 0.6) is 0 Å². The van der Waals surface area contributed by atoms with Gasteiger partial charge in [-0.15, -0.1) is 0 Å². The van der Waals surface area contributed by atoms with E-state index >= 15 is 0 Å². The van der Waals surface area contributed by atoms with Crippen LogP contribution < -0.4 is 5.32 Å². The molecule has 9 heteroatoms. The fourth-order valence-corrected chi connectivity index (χ4v) is 3.17. The first-order valence-corrected chi connectivity index (χ1v) is 10.6. The number of benzene rings is 2. The second-order valence-corrected chi connectivity index (χ2v) is 8.80. The van der Waals surface area contributed by atoms with E-state index in [1.807, 2.05) is 58.0 Å². The van der Waals surface area contributed by atoms with Crippen LogP contribution in [0.3, 0.4) is 0 Å². The maximum Gasteiger partial charge on any atom is 0.492 e. The third-order valence-electron chi connectivity index (χ3n) is 5.82. The number of ether oxygens (including phenoxy) is 1. The largest absolute Gasteiger partial charge is 0.492 e. The molecule has 0 atom stereocenters. The van der Waals surface area contributed by atoms with E-state index in [4.69, 9.17) is 14.0 Å². The summed E-state index contributed by atoms with van der Waals surface area (Å²) in [4.78, 5) is 12.2. The molecule has 2 aromatic rings. The molecule has 5 nitrogen and oxygen atoms in total. The number of rotatable bonds is 7. The van der Waals surface area contributed by atoms with E-state index in [1.54, 1.807) is 6.08 Å². The number of carbonyl (C=O) groups is 1. The summed E-state index contributed by atoms with van der Waals surface area (Å²) in [6.07, 6.45) is -2.01. The molecule has 0 aromatic heterocycles. The van der Waals surface area contributed by atoms with E-state index < -0.39 is 42.2 Å². The highest BCUT2D eigenvalue weighted by molar-refractivity contribution is 6.56. The molecule has 1 aliphatic heterocycles. The summed E-state index contributed by atoms with van der Waals surface area (Å²) < 4.78 is 57.2. The van der Waals surface area contributed by atoms with Crippen molar-refractivity contribution in [3.05, 3.63) is 76.5 Å². The zero-order chi connectivity index (χ0) is 24.2. The molecule has 0 spiro atoms. The van der Waals surface area contributed by atoms with Crippen LogP contribution in [0.25, 0.3) is 6.08 Å². The van der Waals surface area contributed by atoms with E-state index in [-0.39, 0.29) is 13.2 Å². The molecule has 33 heavy (non-hydrogen) atoms. The van der Waals surface area contributed by atoms with Gasteiger partial charge in [-0.3, -0.25) is 0 Å². The van der Waals surface area contributed by atoms with Crippen LogP contribution in [0.1, 0.15) is 50.8 Å². The van der Waals surface area contributed by atoms with Gasteiger partial charge in [-0.2, -0.15) is 0 Å². The Morgan fingerprint density at radius 3 is 2.30 bits per heavy atom. The molecular formula is C24H27BF3NO4. The number of amides is 1. The van der Waals surface area contributed by atoms with Gasteiger partial charge in [0.2, 0.25) is 0 Å². The number of carbonyl (C=O) groups excluding carboxylic acids is 1. The van der Waals surface area contributed by atoms with Gasteiger partial charge in [0.15, 0.2) is 0 Å². The van der Waals surface area contributed by atoms with E-state index in [1.165, 1.54) is 6.07 Å². The summed E-state index contributed by atoms with van der Waals surface area (Å²) in [6, 6.07) is 12.6. The topological polar surface area (TPSA) is 56.8 Å². The highest BCUT2D eigenvalue weighted by Crippen LogP contribution is 2.38. The predicted molar refractivity (Wildman–Crippen MR) is 120 cm³/mol. The minimum Gasteiger partial charge on any atom is -0.445 e. The summed E-state index contributed by atoms with van der Waals surface area (Å²) in [7, 11) is -0.831. The molecule has 1 N–H and O–H groups in total. The molecule has 1 amide bonds. The Balaban J connectivity index is 1.77. The number of halogens is 3. The Kier molecular flexibility index (Phi) is 7.54. The third kappa shape index (κ3) is 6.18. The van der Waals surface area contributed by atoms with Crippen molar-refractivity contribution in [2.24, 2.45) is 0 Å². The Morgan fingerprint density at radius 1 is 1.09 bits per heavy atom. The maximum absolute atomic E-state index is 14.1. The molecule has 0 bridgehead atoms. The fourth-order valence-electron chi connectivity index (χ4n) is 3.17. The van der Waals surface area contributed by atoms with Crippen LogP contribution in [-0.4, -0.2) is 31.0 Å². The molecule has 0 radical (unpaired) electrons. The SMILES string of the molecule is CC1(C)OB(C(=Cc2ccc(C(F)F)c(F)c2)CNC(=O)OCc2ccccc2)OC1(C)C. The maximum atomic E-state index is 14.1. The lowest BCUT2D eigenvalue weighted by atomic mass is 9.77. The molecule has 0 saturated carbocycles. The van der Waals surface area contributed by atoms with Crippen molar-refractivity contribution in [3.63, 3.8) is 0 Å². The van der Waals surface area contributed by atoms with Crippen LogP contribution in [0.15, 0.2) is 54.0 Å². The highest BCUT2D eigenvalue weighted by Gasteiger charge is 2.52. The first-order valence-electron chi connectivity index (χ1n) is 10.6. The molecule has 0 aliphatic carbocycles. The normalized spacial score (nSPS) is 17.3. The van der Waals surface area contributed by atoms with Crippen molar-refractivity contribution in [3.8, 4) is 0 Å². The first kappa shape index (κ1) is 24.9. The monoisotopic (exact) mass is 461 g/mol. The van der Waals surface area contributed by atoms with Gasteiger partial charge in [0.25, 0.3) is 6.43 Å². The van der Waals surface area contributed by atoms with Gasteiger partial charge in [0, 0.05) is 6.54 Å². The van der Waals surface area contributed by atoms with Crippen molar-refractivity contribution < 1.29 is 32.0 Å². The minimum absolute atomic E-state index is 0.0112. The second-order valence-electron chi connectivity index (χ2n) is 8.80. The zero-order valence-corrected chi connectivity index (χ0v) is 19.0. The van der Waals surface area contributed by atoms with Gasteiger partial charge in [-0.25, -0.2) is 18.0 Å². The molecule has 3 rings (SSSR count). The van der Waals surface area contributed by atoms with Crippen LogP contribution in [-0.2, 0) is 20.7 Å². The lowest BCUT2D eigenvalue weighted by molar-refractivity contribution is 0.00578. The molecule has 176 valence electrons. The van der Waals surface area contributed by atoms with Gasteiger partial charge in [-0.05, 0) is 56.4 Å². The van der Waals surface area contributed by atoms with E-state index in [2.05, 4.69) is 5.32 Å². The molecular weight excluding hydrogens is 434 g/mol. The summed E-state index contributed by atoms with van der Waals surface area (Å²) in [5.41, 5.74) is -0.309. The standard InChI is InChI=1S/C24H27BF3NO4/c1-23(2)24(3,4)33-25(32-23)18(12-17-10-11-19(21(27)28)20(26)13-17)14-29-22(30)31-15-16-8-6-5-7-9-16/h5-13,21H,14-15H2,1-4H3,(H,29,30). The highest BCUT2D eigenvalue weighted by atomic mass is 19.3. The Labute approximate surface area is 192 Å². The fraction of sp³-hybridized carbons (Fsp3) is 0.375. The third-order valence-corrected chi connectivity index (χ3v) is 5.82. The van der Waals surface area contributed by atoms with Crippen LogP contribution in [0.4, 0.5) is 18.0 Å². The number of hydrogen-bond donors (Lipinski definition) is 1. The van der Waals surface area contributed by atoms with Gasteiger partial charge < -0.3 is 19.4 Å². The van der Waals surface area contributed by atoms with E-state index in [0.29, 0.717) is 11.0 Å². The van der Waals surface area contributed by atoms with Crippen molar-refractivity contribution in [1.82, 2.24) is 5.32 Å². The average molecular weight is 461 g/mol. The van der Waals surface area contributed by atoms with Gasteiger partial charge in [0.05, 0.1) is 16.8 Å². The Hall–Kier alpha value is -2.78. The molecule has 1 fully saturated rings. The summed E-state index contributed by atoms with van der Waals surface area (Å²) in [5.74, 6) is -1.01. The lowest BCUT2D eigenvalue weighted by Crippen LogP contribution is -2.41. The van der Waals surface area contributed by atoms with Crippen molar-refractivity contribution in [2.75, 3.05) is 6.54 Å². The Bertz CT molecular complexity index is 996. The van der Waals surface area contributed by atoms with Crippen LogP contribution >= 0.6 is 0 Å². The van der Waals surface area contributed by atoms with Crippen LogP contribution in [0.2, 0.25) is 0 Å². The summed E-state index contributed by atoms with van der Waals surface area (Å²) in [5, 5.41) is 2.65. The average Bonchev–Trinajstić information content (AvgIpc) is 2.97. The predicted octanol–water partition coefficient (Wildman–Crippen LogP) is 5.70. The van der Waals surface area contributed by atoms with Crippen LogP contribution in [0, 0.1) is 5.82 Å². The quantitative estimate of drug-likeness (QED) is 0.538. The molecule has 1 saturated heterocycles. The number of hydrogen-bond acceptors (Lipinski definition) is 4. The van der Waals surface area contributed by atoms with Crippen molar-refractivity contribution in [1.29, 1.82) is 0 Å². The summed E-state index contributed by atoms with van der Waals surface area (Å²) in [6.45, 7) is 7.60. The van der Waals surface area contributed by atoms with Gasteiger partial charge >= 0.3 is 13.2 Å². The molecule has 2 aromatic carbocycles.